The third kappa shape index (κ3) is 4.85. The van der Waals surface area contributed by atoms with Crippen LogP contribution in [0.1, 0.15) is 39.5 Å². The van der Waals surface area contributed by atoms with Crippen molar-refractivity contribution in [1.82, 2.24) is 19.9 Å². The van der Waals surface area contributed by atoms with Crippen LogP contribution in [0.3, 0.4) is 0 Å². The van der Waals surface area contributed by atoms with E-state index < -0.39 is 10.0 Å². The summed E-state index contributed by atoms with van der Waals surface area (Å²) in [6.07, 6.45) is 1.09. The van der Waals surface area contributed by atoms with Gasteiger partial charge < -0.3 is 0 Å². The van der Waals surface area contributed by atoms with Crippen LogP contribution in [0.15, 0.2) is 41.3 Å². The van der Waals surface area contributed by atoms with Crippen LogP contribution in [0.4, 0.5) is 0 Å². The molecule has 0 amide bonds. The van der Waals surface area contributed by atoms with Crippen molar-refractivity contribution in [3.63, 3.8) is 0 Å². The van der Waals surface area contributed by atoms with Crippen molar-refractivity contribution in [2.45, 2.75) is 45.4 Å². The van der Waals surface area contributed by atoms with Crippen molar-refractivity contribution in [2.75, 3.05) is 6.54 Å². The van der Waals surface area contributed by atoms with Crippen LogP contribution in [0.5, 0.6) is 0 Å². The molecule has 28 heavy (non-hydrogen) atoms. The molecule has 0 spiro atoms. The first-order valence-electron chi connectivity index (χ1n) is 9.28. The quantitative estimate of drug-likeness (QED) is 0.640. The second-order valence-electron chi connectivity index (χ2n) is 7.21. The average molecular weight is 399 g/mol. The van der Waals surface area contributed by atoms with Gasteiger partial charge in [-0.25, -0.2) is 18.1 Å². The molecule has 7 heteroatoms. The maximum Gasteiger partial charge on any atom is 0.240 e. The summed E-state index contributed by atoms with van der Waals surface area (Å²) in [7, 11) is -3.56. The van der Waals surface area contributed by atoms with Gasteiger partial charge in [-0.15, -0.1) is 0 Å². The minimum absolute atomic E-state index is 0.246. The molecule has 0 fully saturated rings. The summed E-state index contributed by atoms with van der Waals surface area (Å²) in [4.78, 5) is 4.79. The molecule has 0 bridgehead atoms. The van der Waals surface area contributed by atoms with Gasteiger partial charge in [0.1, 0.15) is 5.82 Å². The molecule has 0 aliphatic heterocycles. The fourth-order valence-corrected chi connectivity index (χ4v) is 4.48. The first-order chi connectivity index (χ1) is 13.2. The van der Waals surface area contributed by atoms with E-state index in [2.05, 4.69) is 45.0 Å². The van der Waals surface area contributed by atoms with Crippen molar-refractivity contribution in [2.24, 2.45) is 0 Å². The maximum absolute atomic E-state index is 12.6. The molecule has 0 saturated carbocycles. The Balaban J connectivity index is 1.61. The summed E-state index contributed by atoms with van der Waals surface area (Å²) >= 11 is 0. The Morgan fingerprint density at radius 3 is 2.50 bits per heavy atom. The summed E-state index contributed by atoms with van der Waals surface area (Å²) in [6, 6.07) is 11.9. The van der Waals surface area contributed by atoms with E-state index in [1.807, 2.05) is 32.9 Å². The highest BCUT2D eigenvalue weighted by Crippen LogP contribution is 2.19. The van der Waals surface area contributed by atoms with E-state index in [-0.39, 0.29) is 6.54 Å². The monoisotopic (exact) mass is 398 g/mol. The van der Waals surface area contributed by atoms with Crippen molar-refractivity contribution in [1.29, 1.82) is 0 Å². The van der Waals surface area contributed by atoms with Crippen molar-refractivity contribution >= 4 is 10.0 Å². The van der Waals surface area contributed by atoms with Crippen LogP contribution in [0, 0.1) is 27.7 Å². The number of hydrogen-bond donors (Lipinski definition) is 2. The molecule has 0 saturated heterocycles. The molecule has 3 rings (SSSR count). The van der Waals surface area contributed by atoms with Crippen LogP contribution in [0.25, 0.3) is 0 Å². The van der Waals surface area contributed by atoms with E-state index >= 15 is 0 Å². The lowest BCUT2D eigenvalue weighted by atomic mass is 10.1. The van der Waals surface area contributed by atoms with Crippen LogP contribution >= 0.6 is 0 Å². The Morgan fingerprint density at radius 1 is 1.00 bits per heavy atom. The van der Waals surface area contributed by atoms with Gasteiger partial charge in [-0.1, -0.05) is 35.9 Å². The second-order valence-corrected chi connectivity index (χ2v) is 8.95. The largest absolute Gasteiger partial charge is 0.263 e. The van der Waals surface area contributed by atoms with E-state index in [9.17, 15) is 8.42 Å². The molecular formula is C21H26N4O2S. The molecule has 2 N–H and O–H groups in total. The second kappa shape index (κ2) is 8.24. The number of hydrogen-bond acceptors (Lipinski definition) is 4. The Bertz CT molecular complexity index is 1090. The summed E-state index contributed by atoms with van der Waals surface area (Å²) in [5, 5.41) is 7.14. The van der Waals surface area contributed by atoms with Crippen LogP contribution in [-0.4, -0.2) is 30.1 Å². The summed E-state index contributed by atoms with van der Waals surface area (Å²) in [5.74, 6) is 1.37. The van der Waals surface area contributed by atoms with E-state index in [1.54, 1.807) is 6.07 Å². The zero-order valence-electron chi connectivity index (χ0n) is 16.7. The number of aromatic nitrogens is 3. The number of H-pyrrole nitrogens is 1. The van der Waals surface area contributed by atoms with Crippen LogP contribution in [0.2, 0.25) is 0 Å². The number of aryl methyl sites for hydroxylation is 4. The molecule has 0 unspecified atom stereocenters. The lowest BCUT2D eigenvalue weighted by molar-refractivity contribution is 0.580. The van der Waals surface area contributed by atoms with Crippen LogP contribution in [-0.2, 0) is 22.9 Å². The summed E-state index contributed by atoms with van der Waals surface area (Å²) in [6.45, 7) is 8.00. The summed E-state index contributed by atoms with van der Waals surface area (Å²) < 4.78 is 27.9. The Kier molecular flexibility index (Phi) is 5.96. The molecule has 0 aliphatic rings. The Hall–Kier alpha value is -2.51. The smallest absolute Gasteiger partial charge is 0.240 e. The van der Waals surface area contributed by atoms with Gasteiger partial charge in [0.25, 0.3) is 0 Å². The fraction of sp³-hybridized carbons (Fsp3) is 0.333. The molecule has 0 radical (unpaired) electrons. The molecule has 2 aromatic carbocycles. The molecule has 6 nitrogen and oxygen atoms in total. The number of aromatic amines is 1. The third-order valence-electron chi connectivity index (χ3n) is 4.75. The van der Waals surface area contributed by atoms with Gasteiger partial charge in [0, 0.05) is 19.4 Å². The van der Waals surface area contributed by atoms with E-state index in [1.165, 1.54) is 5.56 Å². The Labute approximate surface area is 166 Å². The topological polar surface area (TPSA) is 87.7 Å². The van der Waals surface area contributed by atoms with Crippen molar-refractivity contribution in [3.8, 4) is 0 Å². The van der Waals surface area contributed by atoms with Gasteiger partial charge in [-0.3, -0.25) is 5.10 Å². The van der Waals surface area contributed by atoms with Gasteiger partial charge in [0.2, 0.25) is 10.0 Å². The predicted molar refractivity (Wildman–Crippen MR) is 110 cm³/mol. The van der Waals surface area contributed by atoms with Crippen LogP contribution < -0.4 is 4.72 Å². The van der Waals surface area contributed by atoms with Gasteiger partial charge >= 0.3 is 0 Å². The number of benzene rings is 2. The summed E-state index contributed by atoms with van der Waals surface area (Å²) in [5.41, 5.74) is 5.15. The SMILES string of the molecule is Cc1cccc(Cc2nc(CCNS(=O)(=O)c3cc(C)c(C)cc3C)n[nH]2)c1. The molecule has 1 heterocycles. The highest BCUT2D eigenvalue weighted by molar-refractivity contribution is 7.89. The van der Waals surface area contributed by atoms with Gasteiger partial charge in [-0.05, 0) is 56.0 Å². The van der Waals surface area contributed by atoms with E-state index in [4.69, 9.17) is 0 Å². The predicted octanol–water partition coefficient (Wildman–Crippen LogP) is 3.15. The minimum atomic E-state index is -3.56. The third-order valence-corrected chi connectivity index (χ3v) is 6.36. The zero-order valence-corrected chi connectivity index (χ0v) is 17.5. The van der Waals surface area contributed by atoms with Crippen molar-refractivity contribution in [3.05, 3.63) is 75.9 Å². The zero-order chi connectivity index (χ0) is 20.3. The maximum atomic E-state index is 12.6. The fourth-order valence-electron chi connectivity index (χ4n) is 3.14. The molecule has 1 aromatic heterocycles. The van der Waals surface area contributed by atoms with E-state index in [0.29, 0.717) is 23.6 Å². The van der Waals surface area contributed by atoms with Crippen molar-refractivity contribution < 1.29 is 8.42 Å². The highest BCUT2D eigenvalue weighted by Gasteiger charge is 2.17. The first-order valence-corrected chi connectivity index (χ1v) is 10.8. The molecule has 148 valence electrons. The number of nitrogens with zero attached hydrogens (tertiary/aromatic N) is 2. The molecule has 0 atom stereocenters. The van der Waals surface area contributed by atoms with E-state index in [0.717, 1.165) is 28.1 Å². The molecule has 3 aromatic rings. The lowest BCUT2D eigenvalue weighted by Crippen LogP contribution is -2.27. The van der Waals surface area contributed by atoms with Gasteiger partial charge in [0.15, 0.2) is 5.82 Å². The lowest BCUT2D eigenvalue weighted by Gasteiger charge is -2.11. The highest BCUT2D eigenvalue weighted by atomic mass is 32.2. The van der Waals surface area contributed by atoms with Gasteiger partial charge in [-0.2, -0.15) is 5.10 Å². The number of nitrogens with one attached hydrogen (secondary N) is 2. The van der Waals surface area contributed by atoms with Gasteiger partial charge in [0.05, 0.1) is 4.90 Å². The normalized spacial score (nSPS) is 11.7. The standard InChI is InChI=1S/C21H26N4O2S/c1-14-6-5-7-18(10-14)13-21-23-20(24-25-21)8-9-22-28(26,27)19-12-16(3)15(2)11-17(19)4/h5-7,10-12,22H,8-9,13H2,1-4H3,(H,23,24,25). The Morgan fingerprint density at radius 2 is 1.75 bits per heavy atom. The minimum Gasteiger partial charge on any atom is -0.263 e. The molecule has 0 aliphatic carbocycles. The molecular weight excluding hydrogens is 372 g/mol. The average Bonchev–Trinajstić information content (AvgIpc) is 3.05. The number of sulfonamides is 1. The first kappa shape index (κ1) is 20.2. The number of rotatable bonds is 7.